The molecule has 1 rings (SSSR count). The summed E-state index contributed by atoms with van der Waals surface area (Å²) in [6.45, 7) is 0. The first-order chi connectivity index (χ1) is 6.74. The maximum atomic E-state index is 10.9. The Morgan fingerprint density at radius 2 is 2.29 bits per heavy atom. The minimum Gasteiger partial charge on any atom is -0.468 e. The van der Waals surface area contributed by atoms with Crippen molar-refractivity contribution < 1.29 is 9.53 Å². The third kappa shape index (κ3) is 3.31. The van der Waals surface area contributed by atoms with Crippen LogP contribution >= 0.6 is 11.8 Å². The molecule has 1 aromatic heterocycles. The lowest BCUT2D eigenvalue weighted by molar-refractivity contribution is -0.141. The highest BCUT2D eigenvalue weighted by Crippen LogP contribution is 2.11. The minimum atomic E-state index is -0.631. The van der Waals surface area contributed by atoms with E-state index in [-0.39, 0.29) is 0 Å². The third-order valence-electron chi connectivity index (χ3n) is 1.44. The predicted molar refractivity (Wildman–Crippen MR) is 52.7 cm³/mol. The summed E-state index contributed by atoms with van der Waals surface area (Å²) in [6.07, 6.45) is 3.28. The number of hydrogen-bond donors (Lipinski definition) is 1. The van der Waals surface area contributed by atoms with Gasteiger partial charge in [0.05, 0.1) is 7.11 Å². The van der Waals surface area contributed by atoms with Crippen molar-refractivity contribution in [2.24, 2.45) is 5.73 Å². The van der Waals surface area contributed by atoms with Crippen molar-refractivity contribution in [1.82, 2.24) is 9.97 Å². The number of aromatic nitrogens is 2. The van der Waals surface area contributed by atoms with E-state index < -0.39 is 12.0 Å². The van der Waals surface area contributed by atoms with Crippen LogP contribution in [-0.4, -0.2) is 34.8 Å². The fourth-order valence-corrected chi connectivity index (χ4v) is 1.48. The topological polar surface area (TPSA) is 78.1 Å². The molecule has 0 aliphatic rings. The Balaban J connectivity index is 2.38. The number of carbonyl (C=O) groups is 1. The maximum Gasteiger partial charge on any atom is 0.323 e. The fourth-order valence-electron chi connectivity index (χ4n) is 0.744. The molecule has 0 fully saturated rings. The molecule has 1 aromatic rings. The molecule has 0 aliphatic carbocycles. The lowest BCUT2D eigenvalue weighted by atomic mass is 10.4. The second-order valence-corrected chi connectivity index (χ2v) is 3.46. The molecular formula is C8H11N3O2S. The zero-order valence-corrected chi connectivity index (χ0v) is 8.53. The Labute approximate surface area is 86.1 Å². The number of nitrogens with zero attached hydrogens (tertiary/aromatic N) is 2. The Morgan fingerprint density at radius 3 is 2.86 bits per heavy atom. The summed E-state index contributed by atoms with van der Waals surface area (Å²) in [5, 5.41) is 0.604. The monoisotopic (exact) mass is 213 g/mol. The number of thioether (sulfide) groups is 1. The summed E-state index contributed by atoms with van der Waals surface area (Å²) in [5.41, 5.74) is 5.52. The molecule has 0 saturated heterocycles. The molecule has 6 heteroatoms. The summed E-state index contributed by atoms with van der Waals surface area (Å²) in [5.74, 6) is -0.00937. The van der Waals surface area contributed by atoms with Crippen LogP contribution in [0.5, 0.6) is 0 Å². The van der Waals surface area contributed by atoms with E-state index in [0.717, 1.165) is 0 Å². The molecule has 0 unspecified atom stereocenters. The van der Waals surface area contributed by atoms with E-state index in [4.69, 9.17) is 5.73 Å². The van der Waals surface area contributed by atoms with Crippen LogP contribution < -0.4 is 5.73 Å². The highest BCUT2D eigenvalue weighted by Gasteiger charge is 2.14. The molecule has 0 bridgehead atoms. The van der Waals surface area contributed by atoms with Crippen LogP contribution in [0.25, 0.3) is 0 Å². The van der Waals surface area contributed by atoms with Crippen LogP contribution in [-0.2, 0) is 9.53 Å². The first kappa shape index (κ1) is 10.9. The van der Waals surface area contributed by atoms with Crippen molar-refractivity contribution in [3.05, 3.63) is 18.5 Å². The molecular weight excluding hydrogens is 202 g/mol. The largest absolute Gasteiger partial charge is 0.468 e. The van der Waals surface area contributed by atoms with Gasteiger partial charge in [0.1, 0.15) is 6.04 Å². The van der Waals surface area contributed by atoms with Crippen molar-refractivity contribution in [2.75, 3.05) is 12.9 Å². The van der Waals surface area contributed by atoms with Gasteiger partial charge in [-0.15, -0.1) is 0 Å². The lowest BCUT2D eigenvalue weighted by Gasteiger charge is -2.06. The molecule has 2 N–H and O–H groups in total. The maximum absolute atomic E-state index is 10.9. The van der Waals surface area contributed by atoms with Crippen LogP contribution in [0.4, 0.5) is 0 Å². The zero-order valence-electron chi connectivity index (χ0n) is 7.71. The van der Waals surface area contributed by atoms with Gasteiger partial charge < -0.3 is 10.5 Å². The summed E-state index contributed by atoms with van der Waals surface area (Å²) in [6, 6.07) is 1.10. The van der Waals surface area contributed by atoms with Gasteiger partial charge in [-0.3, -0.25) is 4.79 Å². The van der Waals surface area contributed by atoms with Crippen LogP contribution in [0.3, 0.4) is 0 Å². The number of esters is 1. The van der Waals surface area contributed by atoms with Crippen molar-refractivity contribution in [3.63, 3.8) is 0 Å². The van der Waals surface area contributed by atoms with Crippen molar-refractivity contribution in [2.45, 2.75) is 11.2 Å². The highest BCUT2D eigenvalue weighted by molar-refractivity contribution is 7.99. The first-order valence-corrected chi connectivity index (χ1v) is 4.96. The SMILES string of the molecule is COC(=O)[C@H](N)CSc1ncccn1. The van der Waals surface area contributed by atoms with E-state index in [1.54, 1.807) is 18.5 Å². The van der Waals surface area contributed by atoms with E-state index in [1.165, 1.54) is 18.9 Å². The number of methoxy groups -OCH3 is 1. The number of rotatable bonds is 4. The average molecular weight is 213 g/mol. The minimum absolute atomic E-state index is 0.413. The van der Waals surface area contributed by atoms with Crippen LogP contribution in [0.1, 0.15) is 0 Å². The van der Waals surface area contributed by atoms with Gasteiger partial charge in [-0.05, 0) is 6.07 Å². The van der Waals surface area contributed by atoms with E-state index in [9.17, 15) is 4.79 Å². The highest BCUT2D eigenvalue weighted by atomic mass is 32.2. The fraction of sp³-hybridized carbons (Fsp3) is 0.375. The standard InChI is InChI=1S/C8H11N3O2S/c1-13-7(12)6(9)5-14-8-10-3-2-4-11-8/h2-4,6H,5,9H2,1H3/t6-/m1/s1. The quantitative estimate of drug-likeness (QED) is 0.433. The molecule has 14 heavy (non-hydrogen) atoms. The second-order valence-electron chi connectivity index (χ2n) is 2.47. The van der Waals surface area contributed by atoms with Gasteiger partial charge >= 0.3 is 5.97 Å². The van der Waals surface area contributed by atoms with Gasteiger partial charge in [-0.2, -0.15) is 0 Å². The summed E-state index contributed by atoms with van der Waals surface area (Å²) < 4.78 is 4.48. The van der Waals surface area contributed by atoms with Crippen LogP contribution in [0.15, 0.2) is 23.6 Å². The molecule has 5 nitrogen and oxygen atoms in total. The third-order valence-corrected chi connectivity index (χ3v) is 2.43. The summed E-state index contributed by atoms with van der Waals surface area (Å²) in [7, 11) is 1.31. The molecule has 0 amide bonds. The predicted octanol–water partition coefficient (Wildman–Crippen LogP) is 0.0690. The number of nitrogens with two attached hydrogens (primary N) is 1. The molecule has 0 aliphatic heterocycles. The van der Waals surface area contributed by atoms with Gasteiger partial charge in [0.2, 0.25) is 0 Å². The van der Waals surface area contributed by atoms with E-state index in [0.29, 0.717) is 10.9 Å². The molecule has 0 saturated carbocycles. The molecule has 1 heterocycles. The van der Waals surface area contributed by atoms with Gasteiger partial charge in [0.15, 0.2) is 5.16 Å². The number of carbonyl (C=O) groups excluding carboxylic acids is 1. The average Bonchev–Trinajstić information content (AvgIpc) is 2.26. The van der Waals surface area contributed by atoms with Crippen molar-refractivity contribution >= 4 is 17.7 Å². The molecule has 0 aromatic carbocycles. The summed E-state index contributed by atoms with van der Waals surface area (Å²) in [4.78, 5) is 18.9. The van der Waals surface area contributed by atoms with Crippen molar-refractivity contribution in [1.29, 1.82) is 0 Å². The van der Waals surface area contributed by atoms with Crippen molar-refractivity contribution in [3.8, 4) is 0 Å². The van der Waals surface area contributed by atoms with Gasteiger partial charge in [-0.25, -0.2) is 9.97 Å². The van der Waals surface area contributed by atoms with Gasteiger partial charge in [-0.1, -0.05) is 11.8 Å². The first-order valence-electron chi connectivity index (χ1n) is 3.97. The van der Waals surface area contributed by atoms with E-state index in [1.807, 2.05) is 0 Å². The van der Waals surface area contributed by atoms with Gasteiger partial charge in [0.25, 0.3) is 0 Å². The van der Waals surface area contributed by atoms with Gasteiger partial charge in [0, 0.05) is 18.1 Å². The molecule has 76 valence electrons. The normalized spacial score (nSPS) is 12.1. The van der Waals surface area contributed by atoms with Crippen LogP contribution in [0.2, 0.25) is 0 Å². The molecule has 0 radical (unpaired) electrons. The summed E-state index contributed by atoms with van der Waals surface area (Å²) >= 11 is 1.32. The Kier molecular flexibility index (Phi) is 4.34. The Hall–Kier alpha value is -1.14. The number of ether oxygens (including phenoxy) is 1. The smallest absolute Gasteiger partial charge is 0.323 e. The zero-order chi connectivity index (χ0) is 10.4. The lowest BCUT2D eigenvalue weighted by Crippen LogP contribution is -2.33. The van der Waals surface area contributed by atoms with E-state index >= 15 is 0 Å². The Morgan fingerprint density at radius 1 is 1.64 bits per heavy atom. The number of hydrogen-bond acceptors (Lipinski definition) is 6. The Bertz CT molecular complexity index is 294. The molecule has 1 atom stereocenters. The second kappa shape index (κ2) is 5.56. The van der Waals surface area contributed by atoms with Crippen LogP contribution in [0, 0.1) is 0 Å². The molecule has 0 spiro atoms. The van der Waals surface area contributed by atoms with E-state index in [2.05, 4.69) is 14.7 Å².